The van der Waals surface area contributed by atoms with Crippen LogP contribution in [0.2, 0.25) is 0 Å². The van der Waals surface area contributed by atoms with Crippen molar-refractivity contribution in [1.82, 2.24) is 10.2 Å². The van der Waals surface area contributed by atoms with Gasteiger partial charge in [0.25, 0.3) is 0 Å². The van der Waals surface area contributed by atoms with Crippen LogP contribution in [0.4, 0.5) is 10.1 Å². The molecule has 2 amide bonds. The maximum absolute atomic E-state index is 14.6. The SMILES string of the molecule is CC[C@H](C(=O)NC1CCCCC1)N(Cc1cccc(OC)c1)C(=O)CN(c1ccccc1F)S(C)(=O)=O. The number of nitrogens with one attached hydrogen (secondary N) is 1. The third-order valence-corrected chi connectivity index (χ3v) is 7.75. The number of nitrogens with zero attached hydrogens (tertiary/aromatic N) is 2. The highest BCUT2D eigenvalue weighted by atomic mass is 32.2. The molecule has 0 unspecified atom stereocenters. The number of anilines is 1. The van der Waals surface area contributed by atoms with Gasteiger partial charge in [-0.15, -0.1) is 0 Å². The highest BCUT2D eigenvalue weighted by molar-refractivity contribution is 7.92. The Balaban J connectivity index is 1.93. The van der Waals surface area contributed by atoms with Crippen LogP contribution in [0, 0.1) is 5.82 Å². The summed E-state index contributed by atoms with van der Waals surface area (Å²) in [5.41, 5.74) is 0.493. The Kier molecular flexibility index (Phi) is 9.91. The van der Waals surface area contributed by atoms with Crippen molar-refractivity contribution in [1.29, 1.82) is 0 Å². The van der Waals surface area contributed by atoms with E-state index in [0.29, 0.717) is 17.7 Å². The Morgan fingerprint density at radius 2 is 1.81 bits per heavy atom. The first-order valence-electron chi connectivity index (χ1n) is 12.6. The number of hydrogen-bond donors (Lipinski definition) is 1. The molecule has 37 heavy (non-hydrogen) atoms. The van der Waals surface area contributed by atoms with Gasteiger partial charge >= 0.3 is 0 Å². The van der Waals surface area contributed by atoms with E-state index < -0.39 is 34.3 Å². The molecule has 10 heteroatoms. The molecule has 1 N–H and O–H groups in total. The van der Waals surface area contributed by atoms with Gasteiger partial charge in [0.1, 0.15) is 24.2 Å². The Morgan fingerprint density at radius 3 is 2.43 bits per heavy atom. The number of hydrogen-bond acceptors (Lipinski definition) is 5. The molecule has 0 bridgehead atoms. The molecule has 1 fully saturated rings. The summed E-state index contributed by atoms with van der Waals surface area (Å²) in [6.45, 7) is 1.22. The molecule has 8 nitrogen and oxygen atoms in total. The normalized spacial score (nSPS) is 15.0. The highest BCUT2D eigenvalue weighted by Gasteiger charge is 2.33. The number of para-hydroxylation sites is 1. The molecule has 3 rings (SSSR count). The number of methoxy groups -OCH3 is 1. The minimum Gasteiger partial charge on any atom is -0.497 e. The molecule has 2 aromatic carbocycles. The van der Waals surface area contributed by atoms with Crippen LogP contribution in [0.1, 0.15) is 51.0 Å². The van der Waals surface area contributed by atoms with E-state index in [4.69, 9.17) is 4.74 Å². The van der Waals surface area contributed by atoms with Crippen LogP contribution in [0.5, 0.6) is 5.75 Å². The van der Waals surface area contributed by atoms with Gasteiger partial charge in [-0.1, -0.05) is 50.5 Å². The van der Waals surface area contributed by atoms with Crippen molar-refractivity contribution in [2.75, 3.05) is 24.2 Å². The van der Waals surface area contributed by atoms with Crippen LogP contribution < -0.4 is 14.4 Å². The maximum Gasteiger partial charge on any atom is 0.244 e. The molecule has 0 heterocycles. The lowest BCUT2D eigenvalue weighted by molar-refractivity contribution is -0.140. The second-order valence-electron chi connectivity index (χ2n) is 9.36. The Morgan fingerprint density at radius 1 is 1.11 bits per heavy atom. The van der Waals surface area contributed by atoms with Crippen molar-refractivity contribution in [2.24, 2.45) is 0 Å². The van der Waals surface area contributed by atoms with Gasteiger partial charge in [0, 0.05) is 12.6 Å². The zero-order chi connectivity index (χ0) is 27.0. The van der Waals surface area contributed by atoms with Gasteiger partial charge < -0.3 is 15.0 Å². The van der Waals surface area contributed by atoms with Gasteiger partial charge in [-0.25, -0.2) is 12.8 Å². The third-order valence-electron chi connectivity index (χ3n) is 6.62. The largest absolute Gasteiger partial charge is 0.497 e. The number of ether oxygens (including phenoxy) is 1. The average molecular weight is 534 g/mol. The lowest BCUT2D eigenvalue weighted by Gasteiger charge is -2.34. The Hall–Kier alpha value is -3.14. The van der Waals surface area contributed by atoms with Crippen molar-refractivity contribution in [3.05, 3.63) is 59.9 Å². The van der Waals surface area contributed by atoms with Crippen molar-refractivity contribution in [3.8, 4) is 5.75 Å². The number of carbonyl (C=O) groups is 2. The van der Waals surface area contributed by atoms with Gasteiger partial charge in [0.2, 0.25) is 21.8 Å². The highest BCUT2D eigenvalue weighted by Crippen LogP contribution is 2.24. The molecule has 0 spiro atoms. The maximum atomic E-state index is 14.6. The third kappa shape index (κ3) is 7.67. The molecule has 0 aromatic heterocycles. The first-order valence-corrected chi connectivity index (χ1v) is 14.4. The summed E-state index contributed by atoms with van der Waals surface area (Å²) in [4.78, 5) is 28.5. The van der Waals surface area contributed by atoms with E-state index in [1.54, 1.807) is 24.3 Å². The van der Waals surface area contributed by atoms with Crippen LogP contribution in [0.3, 0.4) is 0 Å². The summed E-state index contributed by atoms with van der Waals surface area (Å²) in [5.74, 6) is -1.06. The lowest BCUT2D eigenvalue weighted by Crippen LogP contribution is -2.54. The fourth-order valence-electron chi connectivity index (χ4n) is 4.68. The van der Waals surface area contributed by atoms with E-state index in [1.165, 1.54) is 30.2 Å². The number of rotatable bonds is 11. The zero-order valence-corrected chi connectivity index (χ0v) is 22.5. The fourth-order valence-corrected chi connectivity index (χ4v) is 5.53. The zero-order valence-electron chi connectivity index (χ0n) is 21.7. The number of sulfonamides is 1. The first kappa shape index (κ1) is 28.4. The fraction of sp³-hybridized carbons (Fsp3) is 0.481. The summed E-state index contributed by atoms with van der Waals surface area (Å²) >= 11 is 0. The molecular weight excluding hydrogens is 497 g/mol. The van der Waals surface area contributed by atoms with E-state index in [9.17, 15) is 22.4 Å². The van der Waals surface area contributed by atoms with Gasteiger partial charge in [0.15, 0.2) is 0 Å². The smallest absolute Gasteiger partial charge is 0.244 e. The van der Waals surface area contributed by atoms with Gasteiger partial charge in [-0.05, 0) is 49.1 Å². The van der Waals surface area contributed by atoms with E-state index >= 15 is 0 Å². The summed E-state index contributed by atoms with van der Waals surface area (Å²) in [5, 5.41) is 3.09. The lowest BCUT2D eigenvalue weighted by atomic mass is 9.95. The summed E-state index contributed by atoms with van der Waals surface area (Å²) in [6.07, 6.45) is 6.25. The molecular formula is C27H36FN3O5S. The molecule has 1 saturated carbocycles. The van der Waals surface area contributed by atoms with Crippen LogP contribution >= 0.6 is 0 Å². The van der Waals surface area contributed by atoms with Crippen LogP contribution in [0.25, 0.3) is 0 Å². The van der Waals surface area contributed by atoms with E-state index in [1.807, 2.05) is 6.92 Å². The molecule has 1 aliphatic rings. The quantitative estimate of drug-likeness (QED) is 0.473. The average Bonchev–Trinajstić information content (AvgIpc) is 2.87. The topological polar surface area (TPSA) is 96.0 Å². The van der Waals surface area contributed by atoms with Crippen LogP contribution in [0.15, 0.2) is 48.5 Å². The van der Waals surface area contributed by atoms with Crippen molar-refractivity contribution in [3.63, 3.8) is 0 Å². The predicted molar refractivity (Wildman–Crippen MR) is 141 cm³/mol. The van der Waals surface area contributed by atoms with Gasteiger partial charge in [-0.2, -0.15) is 0 Å². The van der Waals surface area contributed by atoms with Crippen molar-refractivity contribution < 1.29 is 27.1 Å². The van der Waals surface area contributed by atoms with E-state index in [2.05, 4.69) is 5.32 Å². The Bertz CT molecular complexity index is 1180. The standard InChI is InChI=1S/C27H36FN3O5S/c1-4-24(27(33)29-21-12-6-5-7-13-21)30(18-20-11-10-14-22(17-20)36-2)26(32)19-31(37(3,34)35)25-16-9-8-15-23(25)28/h8-11,14-17,21,24H,4-7,12-13,18-19H2,1-3H3,(H,29,33)/t24-/m1/s1. The predicted octanol–water partition coefficient (Wildman–Crippen LogP) is 3.86. The minimum atomic E-state index is -4.00. The Labute approximate surface area is 218 Å². The molecule has 202 valence electrons. The minimum absolute atomic E-state index is 0.0509. The molecule has 2 aromatic rings. The van der Waals surface area contributed by atoms with Crippen molar-refractivity contribution in [2.45, 2.75) is 64.1 Å². The van der Waals surface area contributed by atoms with E-state index in [-0.39, 0.29) is 24.2 Å². The van der Waals surface area contributed by atoms with Gasteiger partial charge in [-0.3, -0.25) is 13.9 Å². The number of amides is 2. The molecule has 0 aliphatic heterocycles. The van der Waals surface area contributed by atoms with Crippen LogP contribution in [-0.4, -0.2) is 57.1 Å². The summed E-state index contributed by atoms with van der Waals surface area (Å²) in [6, 6.07) is 11.7. The second kappa shape index (κ2) is 12.9. The summed E-state index contributed by atoms with van der Waals surface area (Å²) in [7, 11) is -2.47. The molecule has 1 atom stereocenters. The molecule has 0 radical (unpaired) electrons. The molecule has 0 saturated heterocycles. The number of benzene rings is 2. The number of halogens is 1. The van der Waals surface area contributed by atoms with Crippen molar-refractivity contribution >= 4 is 27.5 Å². The molecule has 1 aliphatic carbocycles. The second-order valence-corrected chi connectivity index (χ2v) is 11.3. The first-order chi connectivity index (χ1) is 17.6. The summed E-state index contributed by atoms with van der Waals surface area (Å²) < 4.78 is 45.8. The monoisotopic (exact) mass is 533 g/mol. The number of carbonyl (C=O) groups excluding carboxylic acids is 2. The van der Waals surface area contributed by atoms with Crippen LogP contribution in [-0.2, 0) is 26.2 Å². The van der Waals surface area contributed by atoms with Gasteiger partial charge in [0.05, 0.1) is 19.1 Å². The van der Waals surface area contributed by atoms with E-state index in [0.717, 1.165) is 48.7 Å².